The minimum Gasteiger partial charge on any atom is -0.398 e. The van der Waals surface area contributed by atoms with Crippen LogP contribution in [0.1, 0.15) is 54.1 Å². The molecule has 0 saturated carbocycles. The molecule has 1 aromatic heterocycles. The number of nitrogens with zero attached hydrogens (tertiary/aromatic N) is 2. The van der Waals surface area contributed by atoms with E-state index >= 15 is 0 Å². The van der Waals surface area contributed by atoms with E-state index in [2.05, 4.69) is 26.2 Å². The number of nitrogens with one attached hydrogen (secondary N) is 1. The van der Waals surface area contributed by atoms with E-state index in [9.17, 15) is 14.0 Å². The zero-order valence-corrected chi connectivity index (χ0v) is 17.8. The van der Waals surface area contributed by atoms with Crippen LogP contribution >= 0.6 is 15.9 Å². The summed E-state index contributed by atoms with van der Waals surface area (Å²) in [6.45, 7) is 4.93. The van der Waals surface area contributed by atoms with E-state index < -0.39 is 11.2 Å². The van der Waals surface area contributed by atoms with Crippen LogP contribution in [0.3, 0.4) is 0 Å². The highest BCUT2D eigenvalue weighted by molar-refractivity contribution is 9.10. The van der Waals surface area contributed by atoms with Gasteiger partial charge < -0.3 is 16.0 Å². The van der Waals surface area contributed by atoms with Crippen LogP contribution in [0.4, 0.5) is 15.9 Å². The van der Waals surface area contributed by atoms with Gasteiger partial charge in [0.15, 0.2) is 0 Å². The third-order valence-electron chi connectivity index (χ3n) is 5.93. The first kappa shape index (κ1) is 19.8. The number of carbonyl (C=O) groups is 2. The smallest absolute Gasteiger partial charge is 0.254 e. The van der Waals surface area contributed by atoms with Crippen molar-refractivity contribution in [1.29, 1.82) is 0 Å². The number of rotatable bonds is 2. The van der Waals surface area contributed by atoms with E-state index in [-0.39, 0.29) is 33.5 Å². The zero-order chi connectivity index (χ0) is 20.9. The predicted molar refractivity (Wildman–Crippen MR) is 112 cm³/mol. The number of amides is 2. The van der Waals surface area contributed by atoms with Crippen LogP contribution in [0, 0.1) is 5.82 Å². The number of aromatic nitrogens is 1. The number of piperidine rings is 1. The summed E-state index contributed by atoms with van der Waals surface area (Å²) in [4.78, 5) is 31.2. The van der Waals surface area contributed by atoms with Gasteiger partial charge in [-0.05, 0) is 72.3 Å². The SMILES string of the molecule is CC1(C)C(=O)Nc2nccc(C3CCN(C(=O)c4cc(N)c(Br)c(F)c4)CC3)c21. The van der Waals surface area contributed by atoms with E-state index in [0.717, 1.165) is 24.0 Å². The monoisotopic (exact) mass is 460 g/mol. The van der Waals surface area contributed by atoms with Gasteiger partial charge in [-0.25, -0.2) is 9.37 Å². The molecule has 2 aliphatic rings. The fourth-order valence-corrected chi connectivity index (χ4v) is 4.48. The molecule has 4 rings (SSSR count). The second-order valence-corrected chi connectivity index (χ2v) is 8.92. The van der Waals surface area contributed by atoms with Gasteiger partial charge in [0.25, 0.3) is 5.91 Å². The van der Waals surface area contributed by atoms with Crippen LogP contribution in [0.5, 0.6) is 0 Å². The fraction of sp³-hybridized carbons (Fsp3) is 0.381. The third kappa shape index (κ3) is 3.29. The molecule has 0 atom stereocenters. The summed E-state index contributed by atoms with van der Waals surface area (Å²) >= 11 is 3.07. The van der Waals surface area contributed by atoms with Crippen LogP contribution < -0.4 is 11.1 Å². The lowest BCUT2D eigenvalue weighted by molar-refractivity contribution is -0.119. The van der Waals surface area contributed by atoms with Crippen molar-refractivity contribution in [3.05, 3.63) is 51.4 Å². The molecule has 29 heavy (non-hydrogen) atoms. The standard InChI is InChI=1S/C21H22BrFN4O2/c1-21(2)16-13(3-6-25-18(16)26-20(21)29)11-4-7-27(8-5-11)19(28)12-9-14(23)17(22)15(24)10-12/h3,6,9-11H,4-5,7-8,24H2,1-2H3,(H,25,26,29). The number of carbonyl (C=O) groups excluding carboxylic acids is 2. The molecule has 8 heteroatoms. The van der Waals surface area contributed by atoms with Gasteiger partial charge >= 0.3 is 0 Å². The summed E-state index contributed by atoms with van der Waals surface area (Å²) in [5.41, 5.74) is 7.68. The Morgan fingerprint density at radius 1 is 1.34 bits per heavy atom. The van der Waals surface area contributed by atoms with Gasteiger partial charge in [0.05, 0.1) is 9.89 Å². The van der Waals surface area contributed by atoms with Crippen molar-refractivity contribution in [2.24, 2.45) is 0 Å². The van der Waals surface area contributed by atoms with Gasteiger partial charge in [0.2, 0.25) is 5.91 Å². The Morgan fingerprint density at radius 2 is 2.03 bits per heavy atom. The maximum Gasteiger partial charge on any atom is 0.254 e. The number of halogens is 2. The quantitative estimate of drug-likeness (QED) is 0.666. The Morgan fingerprint density at radius 3 is 2.69 bits per heavy atom. The molecule has 6 nitrogen and oxygen atoms in total. The van der Waals surface area contributed by atoms with Gasteiger partial charge in [-0.1, -0.05) is 0 Å². The molecule has 1 fully saturated rings. The van der Waals surface area contributed by atoms with Crippen molar-refractivity contribution < 1.29 is 14.0 Å². The van der Waals surface area contributed by atoms with Crippen LogP contribution in [0.2, 0.25) is 0 Å². The highest BCUT2D eigenvalue weighted by Gasteiger charge is 2.42. The second-order valence-electron chi connectivity index (χ2n) is 8.13. The Hall–Kier alpha value is -2.48. The number of nitrogens with two attached hydrogens (primary N) is 1. The molecular formula is C21H22BrFN4O2. The van der Waals surface area contributed by atoms with Gasteiger partial charge in [-0.3, -0.25) is 9.59 Å². The lowest BCUT2D eigenvalue weighted by atomic mass is 9.78. The minimum absolute atomic E-state index is 0.0464. The fourth-order valence-electron chi connectivity index (χ4n) is 4.26. The molecule has 0 unspecified atom stereocenters. The average Bonchev–Trinajstić information content (AvgIpc) is 2.94. The summed E-state index contributed by atoms with van der Waals surface area (Å²) in [7, 11) is 0. The molecule has 0 aliphatic carbocycles. The number of nitrogen functional groups attached to an aromatic ring is 1. The second kappa shape index (κ2) is 7.09. The molecular weight excluding hydrogens is 439 g/mol. The Bertz CT molecular complexity index is 993. The number of hydrogen-bond acceptors (Lipinski definition) is 4. The summed E-state index contributed by atoms with van der Waals surface area (Å²) in [6.07, 6.45) is 3.25. The van der Waals surface area contributed by atoms with Crippen molar-refractivity contribution in [1.82, 2.24) is 9.88 Å². The van der Waals surface area contributed by atoms with Gasteiger partial charge in [-0.15, -0.1) is 0 Å². The number of anilines is 2. The highest BCUT2D eigenvalue weighted by Crippen LogP contribution is 2.43. The molecule has 0 bridgehead atoms. The van der Waals surface area contributed by atoms with Gasteiger partial charge in [0.1, 0.15) is 11.6 Å². The first-order chi connectivity index (χ1) is 13.7. The number of hydrogen-bond donors (Lipinski definition) is 2. The van der Waals surface area contributed by atoms with E-state index in [0.29, 0.717) is 18.9 Å². The summed E-state index contributed by atoms with van der Waals surface area (Å²) in [5, 5.41) is 2.86. The number of pyridine rings is 1. The Labute approximate surface area is 176 Å². The van der Waals surface area contributed by atoms with Gasteiger partial charge in [0, 0.05) is 36.1 Å². The third-order valence-corrected chi connectivity index (χ3v) is 6.77. The first-order valence-electron chi connectivity index (χ1n) is 9.54. The summed E-state index contributed by atoms with van der Waals surface area (Å²) in [5.74, 6) is 0.0508. The van der Waals surface area contributed by atoms with E-state index in [1.54, 1.807) is 11.1 Å². The van der Waals surface area contributed by atoms with E-state index in [4.69, 9.17) is 5.73 Å². The van der Waals surface area contributed by atoms with Crippen LogP contribution in [0.25, 0.3) is 0 Å². The van der Waals surface area contributed by atoms with Crippen molar-refractivity contribution >= 4 is 39.2 Å². The molecule has 2 aromatic rings. The number of fused-ring (bicyclic) bond motifs is 1. The van der Waals surface area contributed by atoms with E-state index in [1.165, 1.54) is 12.1 Å². The molecule has 3 N–H and O–H groups in total. The molecule has 152 valence electrons. The lowest BCUT2D eigenvalue weighted by Gasteiger charge is -2.34. The number of benzene rings is 1. The number of likely N-dealkylation sites (tertiary alicyclic amines) is 1. The topological polar surface area (TPSA) is 88.3 Å². The molecule has 1 saturated heterocycles. The predicted octanol–water partition coefficient (Wildman–Crippen LogP) is 3.81. The summed E-state index contributed by atoms with van der Waals surface area (Å²) < 4.78 is 14.1. The van der Waals surface area contributed by atoms with E-state index in [1.807, 2.05) is 19.9 Å². The van der Waals surface area contributed by atoms with Crippen molar-refractivity contribution in [3.8, 4) is 0 Å². The van der Waals surface area contributed by atoms with Crippen molar-refractivity contribution in [3.63, 3.8) is 0 Å². The zero-order valence-electron chi connectivity index (χ0n) is 16.3. The minimum atomic E-state index is -0.627. The average molecular weight is 461 g/mol. The summed E-state index contributed by atoms with van der Waals surface area (Å²) in [6, 6.07) is 4.69. The van der Waals surface area contributed by atoms with Gasteiger partial charge in [-0.2, -0.15) is 0 Å². The van der Waals surface area contributed by atoms with Crippen molar-refractivity contribution in [2.45, 2.75) is 38.0 Å². The first-order valence-corrected chi connectivity index (χ1v) is 10.3. The van der Waals surface area contributed by atoms with Crippen LogP contribution in [0.15, 0.2) is 28.9 Å². The van der Waals surface area contributed by atoms with Crippen LogP contribution in [-0.4, -0.2) is 34.8 Å². The Kier molecular flexibility index (Phi) is 4.85. The molecule has 3 heterocycles. The highest BCUT2D eigenvalue weighted by atomic mass is 79.9. The lowest BCUT2D eigenvalue weighted by Crippen LogP contribution is -2.38. The normalized spacial score (nSPS) is 18.5. The Balaban J connectivity index is 1.52. The van der Waals surface area contributed by atoms with Crippen LogP contribution in [-0.2, 0) is 10.2 Å². The molecule has 0 spiro atoms. The van der Waals surface area contributed by atoms with Crippen molar-refractivity contribution in [2.75, 3.05) is 24.1 Å². The maximum atomic E-state index is 13.9. The molecule has 2 amide bonds. The largest absolute Gasteiger partial charge is 0.398 e. The molecule has 0 radical (unpaired) electrons. The molecule has 1 aromatic carbocycles. The molecule has 2 aliphatic heterocycles. The maximum absolute atomic E-state index is 13.9.